The number of halogens is 3. The fourth-order valence-electron chi connectivity index (χ4n) is 1.36. The topological polar surface area (TPSA) is 89.7 Å². The summed E-state index contributed by atoms with van der Waals surface area (Å²) < 4.78 is 38.4. The molecule has 2 aromatic rings. The maximum atomic E-state index is 12.1. The van der Waals surface area contributed by atoms with Crippen molar-refractivity contribution in [2.45, 2.75) is 12.7 Å². The normalized spacial score (nSPS) is 11.4. The van der Waals surface area contributed by atoms with Crippen LogP contribution in [0.25, 0.3) is 0 Å². The number of nitrogens with one attached hydrogen (secondary N) is 2. The van der Waals surface area contributed by atoms with E-state index in [0.29, 0.717) is 4.68 Å². The standard InChI is InChI=1S/C9H10F3N7O/c1-18-7(13-5-14-18)16-8(20)15-6-2-3-19(17-6)4-9(10,11)12/h2-3,5H,4H2,1H3,(H2,13,14,15,16,17,20). The highest BCUT2D eigenvalue weighted by atomic mass is 19.4. The third kappa shape index (κ3) is 3.70. The monoisotopic (exact) mass is 289 g/mol. The van der Waals surface area contributed by atoms with Crippen LogP contribution >= 0.6 is 0 Å². The van der Waals surface area contributed by atoms with Crippen LogP contribution in [-0.2, 0) is 13.6 Å². The Morgan fingerprint density at radius 1 is 1.40 bits per heavy atom. The number of hydrogen-bond acceptors (Lipinski definition) is 4. The molecule has 0 fully saturated rings. The van der Waals surface area contributed by atoms with Crippen molar-refractivity contribution in [3.05, 3.63) is 18.6 Å². The number of hydrogen-bond donors (Lipinski definition) is 2. The minimum atomic E-state index is -4.37. The van der Waals surface area contributed by atoms with Crippen LogP contribution in [-0.4, -0.2) is 36.8 Å². The molecular formula is C9H10F3N7O. The van der Waals surface area contributed by atoms with Gasteiger partial charge in [0.15, 0.2) is 5.82 Å². The molecule has 0 aromatic carbocycles. The van der Waals surface area contributed by atoms with Crippen molar-refractivity contribution in [3.63, 3.8) is 0 Å². The zero-order chi connectivity index (χ0) is 14.8. The largest absolute Gasteiger partial charge is 0.408 e. The summed E-state index contributed by atoms with van der Waals surface area (Å²) in [5.74, 6) is 0.186. The van der Waals surface area contributed by atoms with Crippen molar-refractivity contribution in [2.75, 3.05) is 10.6 Å². The van der Waals surface area contributed by atoms with Crippen molar-refractivity contribution >= 4 is 17.8 Å². The number of aryl methyl sites for hydroxylation is 1. The molecule has 11 heteroatoms. The fraction of sp³-hybridized carbons (Fsp3) is 0.333. The Labute approximate surface area is 110 Å². The van der Waals surface area contributed by atoms with E-state index in [1.165, 1.54) is 17.1 Å². The molecule has 2 aromatic heterocycles. The number of aromatic nitrogens is 5. The number of carbonyl (C=O) groups is 1. The number of amides is 2. The molecule has 108 valence electrons. The van der Waals surface area contributed by atoms with Gasteiger partial charge in [0.05, 0.1) is 0 Å². The van der Waals surface area contributed by atoms with E-state index in [9.17, 15) is 18.0 Å². The molecule has 0 radical (unpaired) electrons. The van der Waals surface area contributed by atoms with Crippen molar-refractivity contribution in [2.24, 2.45) is 7.05 Å². The van der Waals surface area contributed by atoms with Crippen molar-refractivity contribution in [1.29, 1.82) is 0 Å². The summed E-state index contributed by atoms with van der Waals surface area (Å²) in [5, 5.41) is 12.0. The average molecular weight is 289 g/mol. The fourth-order valence-corrected chi connectivity index (χ4v) is 1.36. The predicted molar refractivity (Wildman–Crippen MR) is 61.9 cm³/mol. The third-order valence-corrected chi connectivity index (χ3v) is 2.16. The van der Waals surface area contributed by atoms with Crippen LogP contribution in [0.1, 0.15) is 0 Å². The minimum Gasteiger partial charge on any atom is -0.291 e. The van der Waals surface area contributed by atoms with Crippen LogP contribution in [0.5, 0.6) is 0 Å². The Morgan fingerprint density at radius 2 is 2.15 bits per heavy atom. The molecule has 0 aliphatic carbocycles. The van der Waals surface area contributed by atoms with Gasteiger partial charge < -0.3 is 0 Å². The first-order valence-corrected chi connectivity index (χ1v) is 5.36. The lowest BCUT2D eigenvalue weighted by molar-refractivity contribution is -0.142. The van der Waals surface area contributed by atoms with Gasteiger partial charge in [-0.3, -0.25) is 15.3 Å². The van der Waals surface area contributed by atoms with Gasteiger partial charge >= 0.3 is 12.2 Å². The lowest BCUT2D eigenvalue weighted by atomic mass is 10.6. The molecule has 8 nitrogen and oxygen atoms in total. The van der Waals surface area contributed by atoms with Crippen molar-refractivity contribution < 1.29 is 18.0 Å². The maximum absolute atomic E-state index is 12.1. The Bertz CT molecular complexity index is 603. The highest BCUT2D eigenvalue weighted by molar-refractivity contribution is 5.97. The third-order valence-electron chi connectivity index (χ3n) is 2.16. The van der Waals surface area contributed by atoms with Crippen LogP contribution in [0, 0.1) is 0 Å². The number of urea groups is 1. The van der Waals surface area contributed by atoms with Crippen molar-refractivity contribution in [3.8, 4) is 0 Å². The van der Waals surface area contributed by atoms with E-state index in [1.807, 2.05) is 0 Å². The van der Waals surface area contributed by atoms with Gasteiger partial charge in [-0.05, 0) is 0 Å². The first kappa shape index (κ1) is 13.8. The molecule has 2 heterocycles. The maximum Gasteiger partial charge on any atom is 0.408 e. The quantitative estimate of drug-likeness (QED) is 0.889. The van der Waals surface area contributed by atoms with Gasteiger partial charge in [0.25, 0.3) is 0 Å². The summed E-state index contributed by atoms with van der Waals surface area (Å²) in [4.78, 5) is 15.3. The highest BCUT2D eigenvalue weighted by Gasteiger charge is 2.28. The first-order valence-electron chi connectivity index (χ1n) is 5.36. The summed E-state index contributed by atoms with van der Waals surface area (Å²) >= 11 is 0. The molecule has 0 bridgehead atoms. The van der Waals surface area contributed by atoms with Crippen LogP contribution in [0.4, 0.5) is 29.7 Å². The lowest BCUT2D eigenvalue weighted by Crippen LogP contribution is -2.22. The average Bonchev–Trinajstić information content (AvgIpc) is 2.87. The number of nitrogens with zero attached hydrogens (tertiary/aromatic N) is 5. The van der Waals surface area contributed by atoms with Gasteiger partial charge in [-0.2, -0.15) is 28.4 Å². The molecule has 0 aliphatic heterocycles. The van der Waals surface area contributed by atoms with Crippen LogP contribution in [0.15, 0.2) is 18.6 Å². The van der Waals surface area contributed by atoms with Crippen LogP contribution in [0.2, 0.25) is 0 Å². The molecule has 2 rings (SSSR count). The van der Waals surface area contributed by atoms with Crippen molar-refractivity contribution in [1.82, 2.24) is 24.5 Å². The van der Waals surface area contributed by atoms with Gasteiger partial charge in [-0.1, -0.05) is 0 Å². The second-order valence-corrected chi connectivity index (χ2v) is 3.80. The molecule has 0 unspecified atom stereocenters. The smallest absolute Gasteiger partial charge is 0.291 e. The molecule has 0 atom stereocenters. The van der Waals surface area contributed by atoms with Crippen LogP contribution < -0.4 is 10.6 Å². The summed E-state index contributed by atoms with van der Waals surface area (Å²) in [6, 6.07) is 0.570. The van der Waals surface area contributed by atoms with E-state index in [0.717, 1.165) is 6.20 Å². The Morgan fingerprint density at radius 3 is 2.75 bits per heavy atom. The zero-order valence-corrected chi connectivity index (χ0v) is 10.2. The second-order valence-electron chi connectivity index (χ2n) is 3.80. The van der Waals surface area contributed by atoms with Crippen LogP contribution in [0.3, 0.4) is 0 Å². The predicted octanol–water partition coefficient (Wildman–Crippen LogP) is 1.22. The molecule has 0 saturated heterocycles. The van der Waals surface area contributed by atoms with Gasteiger partial charge in [-0.15, -0.1) is 0 Å². The first-order chi connectivity index (χ1) is 9.33. The van der Waals surface area contributed by atoms with E-state index in [4.69, 9.17) is 0 Å². The van der Waals surface area contributed by atoms with E-state index >= 15 is 0 Å². The van der Waals surface area contributed by atoms with E-state index in [1.54, 1.807) is 7.05 Å². The highest BCUT2D eigenvalue weighted by Crippen LogP contribution is 2.17. The Hall–Kier alpha value is -2.59. The molecule has 2 N–H and O–H groups in total. The Kier molecular flexibility index (Phi) is 3.59. The number of anilines is 2. The summed E-state index contributed by atoms with van der Waals surface area (Å²) in [7, 11) is 1.57. The number of carbonyl (C=O) groups excluding carboxylic acids is 1. The summed E-state index contributed by atoms with van der Waals surface area (Å²) in [6.07, 6.45) is -2.01. The number of rotatable bonds is 3. The van der Waals surface area contributed by atoms with E-state index in [-0.39, 0.29) is 11.8 Å². The molecule has 0 aliphatic rings. The van der Waals surface area contributed by atoms with E-state index < -0.39 is 18.8 Å². The van der Waals surface area contributed by atoms with Gasteiger partial charge in [0.2, 0.25) is 5.95 Å². The van der Waals surface area contributed by atoms with Gasteiger partial charge in [-0.25, -0.2) is 9.48 Å². The SMILES string of the molecule is Cn1ncnc1NC(=O)Nc1ccn(CC(F)(F)F)n1. The lowest BCUT2D eigenvalue weighted by Gasteiger charge is -2.06. The summed E-state index contributed by atoms with van der Waals surface area (Å²) in [5.41, 5.74) is 0. The van der Waals surface area contributed by atoms with E-state index in [2.05, 4.69) is 25.8 Å². The Balaban J connectivity index is 1.93. The summed E-state index contributed by atoms with van der Waals surface area (Å²) in [6.45, 7) is -1.22. The molecule has 2 amide bonds. The van der Waals surface area contributed by atoms with Gasteiger partial charge in [0.1, 0.15) is 12.9 Å². The minimum absolute atomic E-state index is 0.00563. The molecule has 0 saturated carbocycles. The molecular weight excluding hydrogens is 279 g/mol. The van der Waals surface area contributed by atoms with Gasteiger partial charge in [0, 0.05) is 19.3 Å². The zero-order valence-electron chi connectivity index (χ0n) is 10.2. The molecule has 0 spiro atoms. The second kappa shape index (κ2) is 5.19. The number of alkyl halides is 3. The molecule has 20 heavy (non-hydrogen) atoms.